The predicted octanol–water partition coefficient (Wildman–Crippen LogP) is 4.43. The van der Waals surface area contributed by atoms with Gasteiger partial charge >= 0.3 is 5.97 Å². The zero-order valence-electron chi connectivity index (χ0n) is 11.5. The highest BCUT2D eigenvalue weighted by Gasteiger charge is 2.07. The van der Waals surface area contributed by atoms with Crippen LogP contribution in [0.15, 0.2) is 46.9 Å². The summed E-state index contributed by atoms with van der Waals surface area (Å²) in [5.41, 5.74) is 2.43. The Morgan fingerprint density at radius 1 is 1.19 bits per heavy atom. The van der Waals surface area contributed by atoms with Crippen molar-refractivity contribution in [3.63, 3.8) is 0 Å². The average Bonchev–Trinajstić information content (AvgIpc) is 2.42. The number of halogens is 2. The molecule has 110 valence electrons. The summed E-state index contributed by atoms with van der Waals surface area (Å²) >= 11 is 9.60. The summed E-state index contributed by atoms with van der Waals surface area (Å²) in [5, 5.41) is 9.61. The smallest absolute Gasteiger partial charge is 0.335 e. The number of carbonyl (C=O) groups is 1. The summed E-state index contributed by atoms with van der Waals surface area (Å²) in [5.74, 6) is -0.906. The molecule has 0 unspecified atom stereocenters. The minimum absolute atomic E-state index is 0.303. The van der Waals surface area contributed by atoms with Crippen LogP contribution in [-0.4, -0.2) is 23.0 Å². The van der Waals surface area contributed by atoms with E-state index in [0.29, 0.717) is 5.56 Å². The molecule has 0 fully saturated rings. The normalized spacial score (nSPS) is 10.9. The molecule has 21 heavy (non-hydrogen) atoms. The van der Waals surface area contributed by atoms with Gasteiger partial charge in [0.1, 0.15) is 0 Å². The molecule has 0 heterocycles. The van der Waals surface area contributed by atoms with E-state index in [1.807, 2.05) is 37.4 Å². The molecule has 3 nitrogen and oxygen atoms in total. The van der Waals surface area contributed by atoms with Crippen molar-refractivity contribution in [1.82, 2.24) is 4.90 Å². The number of hydrogen-bond acceptors (Lipinski definition) is 2. The van der Waals surface area contributed by atoms with Gasteiger partial charge in [-0.15, -0.1) is 0 Å². The van der Waals surface area contributed by atoms with Crippen LogP contribution >= 0.6 is 27.5 Å². The monoisotopic (exact) mass is 367 g/mol. The Hall–Kier alpha value is -1.36. The summed E-state index contributed by atoms with van der Waals surface area (Å²) in [4.78, 5) is 12.9. The number of nitrogens with zero attached hydrogens (tertiary/aromatic N) is 1. The minimum Gasteiger partial charge on any atom is -0.478 e. The summed E-state index contributed by atoms with van der Waals surface area (Å²) in [6.45, 7) is 1.46. The van der Waals surface area contributed by atoms with Gasteiger partial charge in [-0.1, -0.05) is 45.7 Å². The van der Waals surface area contributed by atoms with Crippen LogP contribution in [0.5, 0.6) is 0 Å². The van der Waals surface area contributed by atoms with Gasteiger partial charge in [0, 0.05) is 22.6 Å². The van der Waals surface area contributed by atoms with E-state index >= 15 is 0 Å². The SMILES string of the molecule is CN(Cc1ccc(C(=O)O)cc1)Cc1ccc(Br)cc1Cl. The lowest BCUT2D eigenvalue weighted by Gasteiger charge is -2.18. The third-order valence-electron chi connectivity index (χ3n) is 3.11. The number of benzene rings is 2. The molecular formula is C16H15BrClNO2. The molecule has 2 aromatic rings. The van der Waals surface area contributed by atoms with E-state index in [1.54, 1.807) is 12.1 Å². The summed E-state index contributed by atoms with van der Waals surface area (Å²) in [6.07, 6.45) is 0. The molecule has 5 heteroatoms. The second-order valence-electron chi connectivity index (χ2n) is 4.91. The first-order valence-electron chi connectivity index (χ1n) is 6.40. The van der Waals surface area contributed by atoms with Crippen molar-refractivity contribution >= 4 is 33.5 Å². The molecule has 2 rings (SSSR count). The van der Waals surface area contributed by atoms with Gasteiger partial charge in [-0.05, 0) is 42.4 Å². The first kappa shape index (κ1) is 16.0. The number of carboxylic acids is 1. The fourth-order valence-corrected chi connectivity index (χ4v) is 2.79. The predicted molar refractivity (Wildman–Crippen MR) is 87.7 cm³/mol. The highest BCUT2D eigenvalue weighted by Crippen LogP contribution is 2.22. The van der Waals surface area contributed by atoms with Gasteiger partial charge in [0.05, 0.1) is 5.56 Å². The van der Waals surface area contributed by atoms with Gasteiger partial charge in [0.25, 0.3) is 0 Å². The van der Waals surface area contributed by atoms with Gasteiger partial charge in [-0.25, -0.2) is 4.79 Å². The molecule has 0 amide bonds. The quantitative estimate of drug-likeness (QED) is 0.848. The van der Waals surface area contributed by atoms with Crippen LogP contribution in [0.2, 0.25) is 5.02 Å². The lowest BCUT2D eigenvalue weighted by atomic mass is 10.1. The van der Waals surface area contributed by atoms with Gasteiger partial charge < -0.3 is 5.11 Å². The van der Waals surface area contributed by atoms with E-state index in [0.717, 1.165) is 33.7 Å². The van der Waals surface area contributed by atoms with Gasteiger partial charge in [-0.3, -0.25) is 4.90 Å². The second-order valence-corrected chi connectivity index (χ2v) is 6.23. The Balaban J connectivity index is 2.01. The van der Waals surface area contributed by atoms with Gasteiger partial charge in [0.2, 0.25) is 0 Å². The first-order chi connectivity index (χ1) is 9.95. The molecule has 0 bridgehead atoms. The topological polar surface area (TPSA) is 40.5 Å². The van der Waals surface area contributed by atoms with Crippen LogP contribution < -0.4 is 0 Å². The van der Waals surface area contributed by atoms with E-state index in [-0.39, 0.29) is 0 Å². The maximum Gasteiger partial charge on any atom is 0.335 e. The van der Waals surface area contributed by atoms with Crippen molar-refractivity contribution in [3.05, 3.63) is 68.7 Å². The van der Waals surface area contributed by atoms with Crippen LogP contribution in [0, 0.1) is 0 Å². The van der Waals surface area contributed by atoms with Crippen molar-refractivity contribution in [2.75, 3.05) is 7.05 Å². The molecule has 2 aromatic carbocycles. The summed E-state index contributed by atoms with van der Waals surface area (Å²) < 4.78 is 0.961. The highest BCUT2D eigenvalue weighted by molar-refractivity contribution is 9.10. The Labute approximate surface area is 137 Å². The van der Waals surface area contributed by atoms with Crippen LogP contribution in [0.25, 0.3) is 0 Å². The lowest BCUT2D eigenvalue weighted by molar-refractivity contribution is 0.0697. The minimum atomic E-state index is -0.906. The molecule has 0 saturated heterocycles. The molecule has 0 atom stereocenters. The van der Waals surface area contributed by atoms with Crippen LogP contribution in [0.1, 0.15) is 21.5 Å². The van der Waals surface area contributed by atoms with Gasteiger partial charge in [-0.2, -0.15) is 0 Å². The van der Waals surface area contributed by atoms with E-state index in [1.165, 1.54) is 0 Å². The molecule has 0 spiro atoms. The molecule has 0 aromatic heterocycles. The van der Waals surface area contributed by atoms with E-state index in [2.05, 4.69) is 20.8 Å². The third-order valence-corrected chi connectivity index (χ3v) is 3.95. The molecule has 1 N–H and O–H groups in total. The average molecular weight is 369 g/mol. The molecular weight excluding hydrogens is 354 g/mol. The zero-order chi connectivity index (χ0) is 15.4. The first-order valence-corrected chi connectivity index (χ1v) is 7.57. The Morgan fingerprint density at radius 3 is 2.43 bits per heavy atom. The van der Waals surface area contributed by atoms with Crippen molar-refractivity contribution in [3.8, 4) is 0 Å². The third kappa shape index (κ3) is 4.56. The van der Waals surface area contributed by atoms with Crippen molar-refractivity contribution < 1.29 is 9.90 Å². The Bertz CT molecular complexity index is 643. The van der Waals surface area contributed by atoms with Crippen LogP contribution in [0.3, 0.4) is 0 Å². The second kappa shape index (κ2) is 7.07. The maximum atomic E-state index is 10.8. The van der Waals surface area contributed by atoms with E-state index in [9.17, 15) is 4.79 Å². The summed E-state index contributed by atoms with van der Waals surface area (Å²) in [6, 6.07) is 12.8. The molecule has 0 aliphatic rings. The Kier molecular flexibility index (Phi) is 5.39. The summed E-state index contributed by atoms with van der Waals surface area (Å²) in [7, 11) is 2.00. The largest absolute Gasteiger partial charge is 0.478 e. The standard InChI is InChI=1S/C16H15BrClNO2/c1-19(10-13-6-7-14(17)8-15(13)18)9-11-2-4-12(5-3-11)16(20)21/h2-8H,9-10H2,1H3,(H,20,21). The van der Waals surface area contributed by atoms with Crippen LogP contribution in [-0.2, 0) is 13.1 Å². The zero-order valence-corrected chi connectivity index (χ0v) is 13.9. The van der Waals surface area contributed by atoms with Crippen molar-refractivity contribution in [2.45, 2.75) is 13.1 Å². The number of aromatic carboxylic acids is 1. The maximum absolute atomic E-state index is 10.8. The lowest BCUT2D eigenvalue weighted by Crippen LogP contribution is -2.17. The van der Waals surface area contributed by atoms with E-state index in [4.69, 9.17) is 16.7 Å². The number of hydrogen-bond donors (Lipinski definition) is 1. The van der Waals surface area contributed by atoms with Crippen LogP contribution in [0.4, 0.5) is 0 Å². The fraction of sp³-hybridized carbons (Fsp3) is 0.188. The van der Waals surface area contributed by atoms with E-state index < -0.39 is 5.97 Å². The van der Waals surface area contributed by atoms with Crippen molar-refractivity contribution in [2.24, 2.45) is 0 Å². The molecule has 0 aliphatic heterocycles. The molecule has 0 saturated carbocycles. The fourth-order valence-electron chi connectivity index (χ4n) is 2.06. The highest BCUT2D eigenvalue weighted by atomic mass is 79.9. The Morgan fingerprint density at radius 2 is 1.86 bits per heavy atom. The number of rotatable bonds is 5. The number of carboxylic acid groups (broad SMARTS) is 1. The molecule has 0 aliphatic carbocycles. The van der Waals surface area contributed by atoms with Gasteiger partial charge in [0.15, 0.2) is 0 Å². The van der Waals surface area contributed by atoms with Crippen molar-refractivity contribution in [1.29, 1.82) is 0 Å². The molecule has 0 radical (unpaired) electrons.